The van der Waals surface area contributed by atoms with Gasteiger partial charge in [0.05, 0.1) is 9.79 Å². The van der Waals surface area contributed by atoms with Crippen molar-refractivity contribution in [1.29, 1.82) is 0 Å². The number of fused-ring (bicyclic) bond motifs is 2. The van der Waals surface area contributed by atoms with Crippen LogP contribution in [0.15, 0.2) is 46.2 Å². The van der Waals surface area contributed by atoms with Crippen LogP contribution in [0.1, 0.15) is 58.5 Å². The van der Waals surface area contributed by atoms with E-state index < -0.39 is 72.4 Å². The summed E-state index contributed by atoms with van der Waals surface area (Å²) in [5, 5.41) is -3.72. The molecule has 18 heteroatoms. The van der Waals surface area contributed by atoms with Gasteiger partial charge in [-0.05, 0) is 49.2 Å². The first-order chi connectivity index (χ1) is 17.3. The fraction of sp³-hybridized carbons (Fsp3) is 0.300. The van der Waals surface area contributed by atoms with Crippen LogP contribution in [-0.4, -0.2) is 65.1 Å². The zero-order chi connectivity index (χ0) is 28.8. The van der Waals surface area contributed by atoms with Crippen molar-refractivity contribution in [2.45, 2.75) is 47.2 Å². The minimum atomic E-state index is -4.78. The third-order valence-corrected chi connectivity index (χ3v) is 11.2. The third-order valence-electron chi connectivity index (χ3n) is 5.62. The van der Waals surface area contributed by atoms with Gasteiger partial charge < -0.3 is 0 Å². The van der Waals surface area contributed by atoms with Crippen LogP contribution in [0, 0.1) is 0 Å². The minimum absolute atomic E-state index is 0.268. The lowest BCUT2D eigenvalue weighted by Gasteiger charge is -2.20. The number of carbonyl (C=O) groups is 2. The van der Waals surface area contributed by atoms with Crippen LogP contribution in [0.25, 0.3) is 0 Å². The molecule has 2 aromatic rings. The molecule has 3 rings (SSSR count). The summed E-state index contributed by atoms with van der Waals surface area (Å²) in [5.74, 6) is -1.68. The number of benzene rings is 2. The summed E-state index contributed by atoms with van der Waals surface area (Å²) in [6.07, 6.45) is -0.617. The number of hydrogen-bond acceptors (Lipinski definition) is 10. The average Bonchev–Trinajstić information content (AvgIpc) is 2.82. The Morgan fingerprint density at radius 2 is 0.921 bits per heavy atom. The molecule has 0 aromatic heterocycles. The van der Waals surface area contributed by atoms with E-state index in [1.807, 2.05) is 9.44 Å². The summed E-state index contributed by atoms with van der Waals surface area (Å²) in [6.45, 7) is 2.62. The Bertz CT molecular complexity index is 1630. The molecule has 1 aliphatic carbocycles. The lowest BCUT2D eigenvalue weighted by Crippen LogP contribution is -2.40. The average molecular weight is 611 g/mol. The molecule has 2 unspecified atom stereocenters. The molecule has 0 bridgehead atoms. The third kappa shape index (κ3) is 5.86. The fourth-order valence-corrected chi connectivity index (χ4v) is 8.55. The second-order valence-corrected chi connectivity index (χ2v) is 14.8. The highest BCUT2D eigenvalue weighted by molar-refractivity contribution is 7.92. The maximum Gasteiger partial charge on any atom is 0.282 e. The Morgan fingerprint density at radius 3 is 1.18 bits per heavy atom. The molecule has 38 heavy (non-hydrogen) atoms. The Hall–Kier alpha value is -2.58. The van der Waals surface area contributed by atoms with E-state index in [9.17, 15) is 52.4 Å². The van der Waals surface area contributed by atoms with Crippen LogP contribution in [0.4, 0.5) is 0 Å². The van der Waals surface area contributed by atoms with Crippen molar-refractivity contribution in [3.63, 3.8) is 0 Å². The highest BCUT2D eigenvalue weighted by Crippen LogP contribution is 2.31. The highest BCUT2D eigenvalue weighted by Gasteiger charge is 2.35. The fourth-order valence-electron chi connectivity index (χ4n) is 3.63. The molecule has 0 spiro atoms. The normalized spacial score (nSPS) is 16.0. The van der Waals surface area contributed by atoms with Gasteiger partial charge in [0.1, 0.15) is 10.7 Å². The Labute approximate surface area is 219 Å². The van der Waals surface area contributed by atoms with E-state index in [1.54, 1.807) is 0 Å². The molecular weight excluding hydrogens is 588 g/mol. The Morgan fingerprint density at radius 1 is 0.605 bits per heavy atom. The maximum absolute atomic E-state index is 13.1. The van der Waals surface area contributed by atoms with Gasteiger partial charge in [-0.2, -0.15) is 26.3 Å². The van der Waals surface area contributed by atoms with Crippen molar-refractivity contribution < 1.29 is 52.4 Å². The summed E-state index contributed by atoms with van der Waals surface area (Å²) in [7, 11) is -18.7. The van der Waals surface area contributed by atoms with Gasteiger partial charge in [-0.15, -0.1) is 0 Å². The summed E-state index contributed by atoms with van der Waals surface area (Å²) >= 11 is 0. The van der Waals surface area contributed by atoms with E-state index in [-0.39, 0.29) is 35.1 Å². The summed E-state index contributed by atoms with van der Waals surface area (Å²) in [4.78, 5) is 25.1. The van der Waals surface area contributed by atoms with Crippen LogP contribution in [0.2, 0.25) is 0 Å². The van der Waals surface area contributed by atoms with Crippen LogP contribution in [-0.2, 0) is 40.3 Å². The van der Waals surface area contributed by atoms with Gasteiger partial charge in [-0.25, -0.2) is 16.8 Å². The van der Waals surface area contributed by atoms with Crippen molar-refractivity contribution >= 4 is 51.8 Å². The van der Waals surface area contributed by atoms with Gasteiger partial charge in [-0.3, -0.25) is 18.7 Å². The summed E-state index contributed by atoms with van der Waals surface area (Å²) in [5.41, 5.74) is -1.24. The van der Waals surface area contributed by atoms with Gasteiger partial charge in [0.25, 0.3) is 20.2 Å². The van der Waals surface area contributed by atoms with E-state index in [4.69, 9.17) is 0 Å². The molecule has 0 fully saturated rings. The molecule has 0 heterocycles. The second-order valence-electron chi connectivity index (χ2n) is 8.14. The number of carbonyl (C=O) groups excluding carboxylic acids is 2. The molecule has 0 amide bonds. The quantitative estimate of drug-likeness (QED) is 0.226. The minimum Gasteiger partial charge on any atom is -0.289 e. The van der Waals surface area contributed by atoms with E-state index in [1.165, 1.54) is 13.8 Å². The first-order valence-corrected chi connectivity index (χ1v) is 16.7. The molecular formula is C20H22N2O12S4. The largest absolute Gasteiger partial charge is 0.289 e. The molecule has 0 saturated carbocycles. The topological polar surface area (TPSA) is 235 Å². The van der Waals surface area contributed by atoms with Crippen LogP contribution in [0.3, 0.4) is 0 Å². The zero-order valence-electron chi connectivity index (χ0n) is 19.6. The van der Waals surface area contributed by atoms with Gasteiger partial charge in [-0.1, -0.05) is 13.8 Å². The monoisotopic (exact) mass is 610 g/mol. The van der Waals surface area contributed by atoms with Crippen LogP contribution >= 0.6 is 0 Å². The van der Waals surface area contributed by atoms with Gasteiger partial charge in [0.2, 0.25) is 20.0 Å². The van der Waals surface area contributed by atoms with Gasteiger partial charge in [0, 0.05) is 22.3 Å². The van der Waals surface area contributed by atoms with Crippen molar-refractivity contribution in [2.24, 2.45) is 0 Å². The number of sulfonamides is 2. The van der Waals surface area contributed by atoms with Crippen molar-refractivity contribution in [3.8, 4) is 0 Å². The number of hydrogen-bond donors (Lipinski definition) is 4. The molecule has 0 radical (unpaired) electrons. The summed E-state index contributed by atoms with van der Waals surface area (Å²) < 4.78 is 118. The Kier molecular flexibility index (Phi) is 8.04. The molecule has 0 saturated heterocycles. The predicted molar refractivity (Wildman–Crippen MR) is 132 cm³/mol. The molecule has 4 N–H and O–H groups in total. The van der Waals surface area contributed by atoms with Crippen molar-refractivity contribution in [2.75, 3.05) is 0 Å². The highest BCUT2D eigenvalue weighted by atomic mass is 32.2. The zero-order valence-corrected chi connectivity index (χ0v) is 22.9. The first-order valence-electron chi connectivity index (χ1n) is 10.7. The standard InChI is InChI=1S/C20H22N2O12S4/c1-3-17(37(29,30)31)21-35(25,26)11-5-7-13-15(9-11)19(23)14-8-6-12(10-16(14)20(13)24)36(27,28)22-18(4-2)38(32,33)34/h5-10,17-18,21-22H,3-4H2,1-2H3,(H,29,30,31)(H,32,33,34). The van der Waals surface area contributed by atoms with E-state index in [0.717, 1.165) is 36.4 Å². The van der Waals surface area contributed by atoms with Crippen molar-refractivity contribution in [3.05, 3.63) is 58.7 Å². The first kappa shape index (κ1) is 30.0. The second kappa shape index (κ2) is 10.2. The van der Waals surface area contributed by atoms with E-state index >= 15 is 0 Å². The van der Waals surface area contributed by atoms with E-state index in [0.29, 0.717) is 0 Å². The maximum atomic E-state index is 13.1. The molecule has 1 aliphatic rings. The number of rotatable bonds is 10. The molecule has 208 valence electrons. The molecule has 14 nitrogen and oxygen atoms in total. The summed E-state index contributed by atoms with van der Waals surface area (Å²) in [6, 6.07) is 5.53. The Balaban J connectivity index is 2.03. The van der Waals surface area contributed by atoms with Crippen molar-refractivity contribution in [1.82, 2.24) is 9.44 Å². The lowest BCUT2D eigenvalue weighted by molar-refractivity contribution is 0.0978. The molecule has 2 aromatic carbocycles. The SMILES string of the molecule is CCC(NS(=O)(=O)c1ccc2c(c1)C(=O)c1ccc(S(=O)(=O)NC(CC)S(=O)(=O)O)cc1C2=O)S(=O)(=O)O. The van der Waals surface area contributed by atoms with E-state index in [2.05, 4.69) is 0 Å². The smallest absolute Gasteiger partial charge is 0.282 e. The molecule has 2 atom stereocenters. The van der Waals surface area contributed by atoms with Crippen LogP contribution in [0.5, 0.6) is 0 Å². The number of nitrogens with one attached hydrogen (secondary N) is 2. The van der Waals surface area contributed by atoms with Gasteiger partial charge in [0.15, 0.2) is 11.6 Å². The molecule has 0 aliphatic heterocycles. The lowest BCUT2D eigenvalue weighted by atomic mass is 9.84. The predicted octanol–water partition coefficient (Wildman–Crippen LogP) is 0.266. The van der Waals surface area contributed by atoms with Gasteiger partial charge >= 0.3 is 0 Å². The van der Waals surface area contributed by atoms with Crippen LogP contribution < -0.4 is 9.44 Å². The number of ketones is 2.